The Kier molecular flexibility index (Phi) is 4.88. The van der Waals surface area contributed by atoms with Crippen LogP contribution in [0.25, 0.3) is 22.4 Å². The van der Waals surface area contributed by atoms with Gasteiger partial charge in [-0.15, -0.1) is 0 Å². The molecule has 0 radical (unpaired) electrons. The second-order valence-corrected chi connectivity index (χ2v) is 6.28. The Morgan fingerprint density at radius 3 is 2.48 bits per heavy atom. The second kappa shape index (κ2) is 7.79. The molecule has 4 aromatic rings. The first-order valence-electron chi connectivity index (χ1n) is 8.90. The molecule has 0 saturated carbocycles. The zero-order chi connectivity index (χ0) is 18.5. The van der Waals surface area contributed by atoms with Gasteiger partial charge in [0.15, 0.2) is 0 Å². The molecule has 27 heavy (non-hydrogen) atoms. The minimum atomic E-state index is 0.676. The number of anilines is 1. The fourth-order valence-corrected chi connectivity index (χ4v) is 3.09. The van der Waals surface area contributed by atoms with Crippen LogP contribution in [0.5, 0.6) is 5.75 Å². The topological polar surface area (TPSA) is 49.9 Å². The zero-order valence-electron chi connectivity index (χ0n) is 15.1. The molecule has 0 aliphatic carbocycles. The maximum Gasteiger partial charge on any atom is 0.126 e. The number of H-pyrrole nitrogens is 1. The van der Waals surface area contributed by atoms with Crippen molar-refractivity contribution in [3.05, 3.63) is 90.6 Å². The van der Waals surface area contributed by atoms with Crippen LogP contribution in [0.1, 0.15) is 5.69 Å². The number of ether oxygens (including phenoxy) is 1. The standard InChI is InChI=1S/C23H21N3O/c1-27-23-13-6-5-12-21(23)18-10-7-11-19(14-18)24-16-20-15-22(26-25-20)17-8-3-2-4-9-17/h2-15,24H,16H2,1H3,(H,25,26). The number of hydrogen-bond acceptors (Lipinski definition) is 3. The molecule has 3 aromatic carbocycles. The van der Waals surface area contributed by atoms with Crippen LogP contribution >= 0.6 is 0 Å². The molecule has 0 saturated heterocycles. The van der Waals surface area contributed by atoms with Gasteiger partial charge >= 0.3 is 0 Å². The summed E-state index contributed by atoms with van der Waals surface area (Å²) in [6.45, 7) is 0.676. The average Bonchev–Trinajstić information content (AvgIpc) is 3.22. The highest BCUT2D eigenvalue weighted by Gasteiger charge is 2.06. The van der Waals surface area contributed by atoms with E-state index in [9.17, 15) is 0 Å². The van der Waals surface area contributed by atoms with E-state index in [-0.39, 0.29) is 0 Å². The molecule has 0 aliphatic heterocycles. The Labute approximate surface area is 158 Å². The van der Waals surface area contributed by atoms with E-state index in [1.165, 1.54) is 0 Å². The molecule has 0 amide bonds. The van der Waals surface area contributed by atoms with Crippen LogP contribution in [0.3, 0.4) is 0 Å². The predicted octanol–water partition coefficient (Wildman–Crippen LogP) is 5.36. The number of methoxy groups -OCH3 is 1. The van der Waals surface area contributed by atoms with E-state index in [1.807, 2.05) is 42.5 Å². The Balaban J connectivity index is 1.49. The van der Waals surface area contributed by atoms with Gasteiger partial charge in [-0.2, -0.15) is 5.10 Å². The van der Waals surface area contributed by atoms with E-state index in [2.05, 4.69) is 58.0 Å². The maximum atomic E-state index is 5.48. The van der Waals surface area contributed by atoms with Gasteiger partial charge in [-0.1, -0.05) is 60.7 Å². The number of hydrogen-bond donors (Lipinski definition) is 2. The second-order valence-electron chi connectivity index (χ2n) is 6.28. The fourth-order valence-electron chi connectivity index (χ4n) is 3.09. The molecule has 0 bridgehead atoms. The third kappa shape index (κ3) is 3.85. The van der Waals surface area contributed by atoms with Gasteiger partial charge in [0.2, 0.25) is 0 Å². The smallest absolute Gasteiger partial charge is 0.126 e. The lowest BCUT2D eigenvalue weighted by Gasteiger charge is -2.11. The summed E-state index contributed by atoms with van der Waals surface area (Å²) in [5, 5.41) is 11.0. The van der Waals surface area contributed by atoms with E-state index in [1.54, 1.807) is 7.11 Å². The van der Waals surface area contributed by atoms with Gasteiger partial charge in [0, 0.05) is 16.8 Å². The molecule has 1 heterocycles. The first-order valence-corrected chi connectivity index (χ1v) is 8.90. The zero-order valence-corrected chi connectivity index (χ0v) is 15.1. The van der Waals surface area contributed by atoms with Crippen molar-refractivity contribution in [2.75, 3.05) is 12.4 Å². The molecule has 2 N–H and O–H groups in total. The summed E-state index contributed by atoms with van der Waals surface area (Å²) in [6.07, 6.45) is 0. The highest BCUT2D eigenvalue weighted by Crippen LogP contribution is 2.31. The van der Waals surface area contributed by atoms with E-state index in [4.69, 9.17) is 4.74 Å². The summed E-state index contributed by atoms with van der Waals surface area (Å²) in [6, 6.07) is 28.6. The van der Waals surface area contributed by atoms with Crippen LogP contribution in [-0.4, -0.2) is 17.3 Å². The molecule has 134 valence electrons. The van der Waals surface area contributed by atoms with Gasteiger partial charge in [0.25, 0.3) is 0 Å². The molecule has 0 aliphatic rings. The minimum absolute atomic E-state index is 0.676. The maximum absolute atomic E-state index is 5.48. The third-order valence-electron chi connectivity index (χ3n) is 4.46. The van der Waals surface area contributed by atoms with Crippen LogP contribution in [-0.2, 0) is 6.54 Å². The lowest BCUT2D eigenvalue weighted by Crippen LogP contribution is -1.99. The Hall–Kier alpha value is -3.53. The molecule has 1 aromatic heterocycles. The first kappa shape index (κ1) is 16.9. The number of para-hydroxylation sites is 1. The molecule has 4 heteroatoms. The van der Waals surface area contributed by atoms with E-state index in [0.29, 0.717) is 6.54 Å². The number of nitrogens with zero attached hydrogens (tertiary/aromatic N) is 1. The summed E-state index contributed by atoms with van der Waals surface area (Å²) in [4.78, 5) is 0. The van der Waals surface area contributed by atoms with Crippen molar-refractivity contribution in [1.82, 2.24) is 10.2 Å². The van der Waals surface area contributed by atoms with Crippen molar-refractivity contribution in [2.45, 2.75) is 6.54 Å². The number of benzene rings is 3. The number of rotatable bonds is 6. The lowest BCUT2D eigenvalue weighted by molar-refractivity contribution is 0.416. The monoisotopic (exact) mass is 355 g/mol. The van der Waals surface area contributed by atoms with Gasteiger partial charge in [0.05, 0.1) is 25.0 Å². The van der Waals surface area contributed by atoms with Gasteiger partial charge < -0.3 is 10.1 Å². The highest BCUT2D eigenvalue weighted by molar-refractivity contribution is 5.73. The van der Waals surface area contributed by atoms with E-state index in [0.717, 1.165) is 39.5 Å². The van der Waals surface area contributed by atoms with Crippen molar-refractivity contribution in [3.8, 4) is 28.1 Å². The third-order valence-corrected chi connectivity index (χ3v) is 4.46. The van der Waals surface area contributed by atoms with Crippen LogP contribution in [0, 0.1) is 0 Å². The molecular weight excluding hydrogens is 334 g/mol. The van der Waals surface area contributed by atoms with Crippen LogP contribution in [0.4, 0.5) is 5.69 Å². The summed E-state index contributed by atoms with van der Waals surface area (Å²) in [7, 11) is 1.70. The quantitative estimate of drug-likeness (QED) is 0.489. The minimum Gasteiger partial charge on any atom is -0.496 e. The molecule has 0 atom stereocenters. The Bertz CT molecular complexity index is 1020. The SMILES string of the molecule is COc1ccccc1-c1cccc(NCc2cc(-c3ccccc3)n[nH]2)c1. The number of aromatic amines is 1. The van der Waals surface area contributed by atoms with Crippen molar-refractivity contribution in [2.24, 2.45) is 0 Å². The average molecular weight is 355 g/mol. The van der Waals surface area contributed by atoms with Crippen molar-refractivity contribution < 1.29 is 4.74 Å². The van der Waals surface area contributed by atoms with E-state index < -0.39 is 0 Å². The largest absolute Gasteiger partial charge is 0.496 e. The van der Waals surface area contributed by atoms with Crippen molar-refractivity contribution in [1.29, 1.82) is 0 Å². The van der Waals surface area contributed by atoms with E-state index >= 15 is 0 Å². The first-order chi connectivity index (χ1) is 13.3. The molecule has 0 spiro atoms. The summed E-state index contributed by atoms with van der Waals surface area (Å²) in [5.74, 6) is 0.871. The summed E-state index contributed by atoms with van der Waals surface area (Å²) >= 11 is 0. The number of aromatic nitrogens is 2. The molecule has 4 rings (SSSR count). The molecular formula is C23H21N3O. The molecule has 0 unspecified atom stereocenters. The summed E-state index contributed by atoms with van der Waals surface area (Å²) < 4.78 is 5.48. The summed E-state index contributed by atoms with van der Waals surface area (Å²) in [5.41, 5.74) is 6.35. The van der Waals surface area contributed by atoms with Crippen molar-refractivity contribution >= 4 is 5.69 Å². The molecule has 0 fully saturated rings. The fraction of sp³-hybridized carbons (Fsp3) is 0.0870. The lowest BCUT2D eigenvalue weighted by atomic mass is 10.0. The van der Waals surface area contributed by atoms with Crippen molar-refractivity contribution in [3.63, 3.8) is 0 Å². The van der Waals surface area contributed by atoms with Gasteiger partial charge in [0.1, 0.15) is 5.75 Å². The number of nitrogens with one attached hydrogen (secondary N) is 2. The van der Waals surface area contributed by atoms with Crippen LogP contribution < -0.4 is 10.1 Å². The van der Waals surface area contributed by atoms with Gasteiger partial charge in [-0.3, -0.25) is 5.10 Å². The van der Waals surface area contributed by atoms with Gasteiger partial charge in [-0.05, 0) is 29.8 Å². The van der Waals surface area contributed by atoms with Crippen LogP contribution in [0.15, 0.2) is 84.9 Å². The van der Waals surface area contributed by atoms with Gasteiger partial charge in [-0.25, -0.2) is 0 Å². The predicted molar refractivity (Wildman–Crippen MR) is 110 cm³/mol. The Morgan fingerprint density at radius 1 is 0.852 bits per heavy atom. The Morgan fingerprint density at radius 2 is 1.63 bits per heavy atom. The normalized spacial score (nSPS) is 10.6. The highest BCUT2D eigenvalue weighted by atomic mass is 16.5. The van der Waals surface area contributed by atoms with Crippen LogP contribution in [0.2, 0.25) is 0 Å². The molecule has 4 nitrogen and oxygen atoms in total.